The number of hydrogen-bond acceptors (Lipinski definition) is 6. The Morgan fingerprint density at radius 1 is 1.31 bits per heavy atom. The van der Waals surface area contributed by atoms with Crippen LogP contribution in [-0.2, 0) is 23.9 Å². The van der Waals surface area contributed by atoms with Crippen LogP contribution in [0.5, 0.6) is 0 Å². The zero-order valence-corrected chi connectivity index (χ0v) is 15.6. The zero-order valence-electron chi connectivity index (χ0n) is 15.6. The number of aliphatic carboxylic acids is 1. The van der Waals surface area contributed by atoms with Gasteiger partial charge in [-0.3, -0.25) is 14.4 Å². The number of unbranched alkanes of at least 4 members (excludes halogenated alkanes) is 1. The van der Waals surface area contributed by atoms with Gasteiger partial charge in [0.05, 0.1) is 19.1 Å². The predicted octanol–water partition coefficient (Wildman–Crippen LogP) is 2.00. The van der Waals surface area contributed by atoms with E-state index in [1.807, 2.05) is 6.92 Å². The van der Waals surface area contributed by atoms with Gasteiger partial charge in [-0.15, -0.1) is 0 Å². The summed E-state index contributed by atoms with van der Waals surface area (Å²) in [5.74, 6) is -1.60. The van der Waals surface area contributed by atoms with E-state index < -0.39 is 17.7 Å². The Kier molecular flexibility index (Phi) is 8.34. The van der Waals surface area contributed by atoms with E-state index in [2.05, 4.69) is 5.43 Å². The number of β-lactam (4-membered cyclic amide) rings is 1. The van der Waals surface area contributed by atoms with Crippen molar-refractivity contribution >= 4 is 23.9 Å². The highest BCUT2D eigenvalue weighted by Crippen LogP contribution is 2.22. The van der Waals surface area contributed by atoms with Gasteiger partial charge in [-0.05, 0) is 33.1 Å². The number of nitrogens with one attached hydrogen (secondary N) is 1. The number of carbonyl (C=O) groups is 4. The molecule has 26 heavy (non-hydrogen) atoms. The van der Waals surface area contributed by atoms with Crippen molar-refractivity contribution in [2.45, 2.75) is 77.4 Å². The molecule has 0 aromatic rings. The first-order valence-corrected chi connectivity index (χ1v) is 8.83. The Hall–Kier alpha value is -2.32. The summed E-state index contributed by atoms with van der Waals surface area (Å²) in [6, 6.07) is -0.345. The molecule has 1 rings (SSSR count). The Morgan fingerprint density at radius 3 is 2.58 bits per heavy atom. The fraction of sp³-hybridized carbons (Fsp3) is 0.765. The molecule has 1 aliphatic heterocycles. The van der Waals surface area contributed by atoms with Gasteiger partial charge in [0.15, 0.2) is 0 Å². The standard InChI is InChI=1S/C17H28N2O7/c1-4-5-10-25-15(23)8-9-17(2,3)26-16(24)18-19-12(11-13(19)20)6-7-14(21)22/h12H,4-11H2,1-3H3,(H,18,24)(H,21,22)/t12-/m1/s1. The van der Waals surface area contributed by atoms with Crippen LogP contribution in [0.15, 0.2) is 0 Å². The van der Waals surface area contributed by atoms with Crippen molar-refractivity contribution in [3.8, 4) is 0 Å². The molecule has 1 atom stereocenters. The lowest BCUT2D eigenvalue weighted by Crippen LogP contribution is -2.61. The third-order valence-electron chi connectivity index (χ3n) is 4.01. The van der Waals surface area contributed by atoms with Crippen LogP contribution in [0.3, 0.4) is 0 Å². The summed E-state index contributed by atoms with van der Waals surface area (Å²) in [6.45, 7) is 5.70. The van der Waals surface area contributed by atoms with Crippen molar-refractivity contribution in [1.82, 2.24) is 10.4 Å². The van der Waals surface area contributed by atoms with Crippen LogP contribution >= 0.6 is 0 Å². The van der Waals surface area contributed by atoms with Crippen LogP contribution in [-0.4, -0.2) is 52.3 Å². The molecule has 0 spiro atoms. The van der Waals surface area contributed by atoms with Crippen LogP contribution in [0.2, 0.25) is 0 Å². The van der Waals surface area contributed by atoms with Crippen LogP contribution in [0.25, 0.3) is 0 Å². The van der Waals surface area contributed by atoms with E-state index in [9.17, 15) is 19.2 Å². The Labute approximate surface area is 153 Å². The smallest absolute Gasteiger partial charge is 0.426 e. The molecule has 1 aliphatic rings. The number of carbonyl (C=O) groups excluding carboxylic acids is 3. The van der Waals surface area contributed by atoms with Crippen molar-refractivity contribution in [3.63, 3.8) is 0 Å². The molecule has 2 N–H and O–H groups in total. The first kappa shape index (κ1) is 21.7. The molecule has 0 aromatic carbocycles. The summed E-state index contributed by atoms with van der Waals surface area (Å²) in [4.78, 5) is 45.8. The molecule has 1 heterocycles. The number of ether oxygens (including phenoxy) is 2. The molecule has 0 radical (unpaired) electrons. The van der Waals surface area contributed by atoms with E-state index in [4.69, 9.17) is 14.6 Å². The number of carboxylic acids is 1. The zero-order chi connectivity index (χ0) is 19.7. The number of hydrazine groups is 1. The highest BCUT2D eigenvalue weighted by atomic mass is 16.6. The quantitative estimate of drug-likeness (QED) is 0.323. The van der Waals surface area contributed by atoms with Gasteiger partial charge in [0.1, 0.15) is 5.60 Å². The summed E-state index contributed by atoms with van der Waals surface area (Å²) in [5.41, 5.74) is 1.42. The van der Waals surface area contributed by atoms with Crippen molar-refractivity contribution in [2.24, 2.45) is 0 Å². The average molecular weight is 372 g/mol. The largest absolute Gasteiger partial charge is 0.481 e. The molecule has 2 amide bonds. The lowest BCUT2D eigenvalue weighted by atomic mass is 9.99. The fourth-order valence-corrected chi connectivity index (χ4v) is 2.39. The predicted molar refractivity (Wildman–Crippen MR) is 90.9 cm³/mol. The Morgan fingerprint density at radius 2 is 2.00 bits per heavy atom. The molecule has 0 unspecified atom stereocenters. The summed E-state index contributed by atoms with van der Waals surface area (Å²) in [5, 5.41) is 9.79. The van der Waals surface area contributed by atoms with Crippen molar-refractivity contribution in [1.29, 1.82) is 0 Å². The molecular weight excluding hydrogens is 344 g/mol. The fourth-order valence-electron chi connectivity index (χ4n) is 2.39. The van der Waals surface area contributed by atoms with Gasteiger partial charge < -0.3 is 14.6 Å². The van der Waals surface area contributed by atoms with Gasteiger partial charge in [0.2, 0.25) is 5.91 Å². The molecule has 9 heteroatoms. The van der Waals surface area contributed by atoms with Crippen molar-refractivity contribution < 1.29 is 33.8 Å². The van der Waals surface area contributed by atoms with E-state index >= 15 is 0 Å². The number of rotatable bonds is 11. The topological polar surface area (TPSA) is 122 Å². The van der Waals surface area contributed by atoms with Gasteiger partial charge in [-0.25, -0.2) is 15.2 Å². The highest BCUT2D eigenvalue weighted by molar-refractivity contribution is 5.85. The third-order valence-corrected chi connectivity index (χ3v) is 4.01. The number of carboxylic acid groups (broad SMARTS) is 1. The molecule has 148 valence electrons. The summed E-state index contributed by atoms with van der Waals surface area (Å²) >= 11 is 0. The van der Waals surface area contributed by atoms with Gasteiger partial charge >= 0.3 is 18.0 Å². The molecule has 0 aromatic heterocycles. The van der Waals surface area contributed by atoms with E-state index in [-0.39, 0.29) is 50.0 Å². The normalized spacial score (nSPS) is 16.7. The minimum absolute atomic E-state index is 0.0865. The number of esters is 1. The first-order chi connectivity index (χ1) is 12.1. The third kappa shape index (κ3) is 7.71. The molecule has 1 saturated heterocycles. The maximum atomic E-state index is 12.0. The summed E-state index contributed by atoms with van der Waals surface area (Å²) < 4.78 is 10.3. The van der Waals surface area contributed by atoms with Crippen LogP contribution in [0.4, 0.5) is 4.79 Å². The molecule has 0 saturated carbocycles. The second kappa shape index (κ2) is 9.98. The highest BCUT2D eigenvalue weighted by Gasteiger charge is 2.38. The van der Waals surface area contributed by atoms with Gasteiger partial charge in [-0.1, -0.05) is 13.3 Å². The van der Waals surface area contributed by atoms with Crippen LogP contribution < -0.4 is 5.43 Å². The summed E-state index contributed by atoms with van der Waals surface area (Å²) in [7, 11) is 0. The van der Waals surface area contributed by atoms with E-state index in [1.165, 1.54) is 0 Å². The lowest BCUT2D eigenvalue weighted by Gasteiger charge is -2.40. The van der Waals surface area contributed by atoms with Crippen molar-refractivity contribution in [2.75, 3.05) is 6.61 Å². The van der Waals surface area contributed by atoms with E-state index in [0.717, 1.165) is 17.9 Å². The second-order valence-corrected chi connectivity index (χ2v) is 6.89. The van der Waals surface area contributed by atoms with Crippen LogP contribution in [0, 0.1) is 0 Å². The number of nitrogens with zero attached hydrogens (tertiary/aromatic N) is 1. The minimum atomic E-state index is -0.959. The number of amides is 2. The molecule has 0 bridgehead atoms. The second-order valence-electron chi connectivity index (χ2n) is 6.89. The van der Waals surface area contributed by atoms with Gasteiger partial charge in [0, 0.05) is 12.8 Å². The first-order valence-electron chi connectivity index (χ1n) is 8.83. The lowest BCUT2D eigenvalue weighted by molar-refractivity contribution is -0.153. The van der Waals surface area contributed by atoms with E-state index in [1.54, 1.807) is 13.8 Å². The molecule has 9 nitrogen and oxygen atoms in total. The van der Waals surface area contributed by atoms with E-state index in [0.29, 0.717) is 6.61 Å². The SMILES string of the molecule is CCCCOC(=O)CCC(C)(C)OC(=O)NN1C(=O)C[C@H]1CCC(=O)O. The maximum Gasteiger partial charge on any atom is 0.426 e. The molecule has 0 aliphatic carbocycles. The Bertz CT molecular complexity index is 533. The number of hydrogen-bond donors (Lipinski definition) is 2. The molecular formula is C17H28N2O7. The summed E-state index contributed by atoms with van der Waals surface area (Å²) in [6.07, 6.45) is 1.69. The monoisotopic (exact) mass is 372 g/mol. The Balaban J connectivity index is 2.36. The van der Waals surface area contributed by atoms with Crippen molar-refractivity contribution in [3.05, 3.63) is 0 Å². The van der Waals surface area contributed by atoms with Crippen LogP contribution in [0.1, 0.15) is 65.7 Å². The molecule has 1 fully saturated rings. The minimum Gasteiger partial charge on any atom is -0.481 e. The average Bonchev–Trinajstić information content (AvgIpc) is 2.54. The maximum absolute atomic E-state index is 12.0. The van der Waals surface area contributed by atoms with Gasteiger partial charge in [0.25, 0.3) is 0 Å². The van der Waals surface area contributed by atoms with Gasteiger partial charge in [-0.2, -0.15) is 0 Å².